The summed E-state index contributed by atoms with van der Waals surface area (Å²) in [6.45, 7) is 5.01. The van der Waals surface area contributed by atoms with Crippen LogP contribution < -0.4 is 20.1 Å². The van der Waals surface area contributed by atoms with Gasteiger partial charge in [-0.25, -0.2) is 0 Å². The molecule has 0 aromatic heterocycles. The summed E-state index contributed by atoms with van der Waals surface area (Å²) in [6.07, 6.45) is 0. The third-order valence-electron chi connectivity index (χ3n) is 4.18. The summed E-state index contributed by atoms with van der Waals surface area (Å²) >= 11 is 0. The monoisotopic (exact) mass is 390 g/mol. The molecule has 0 aliphatic carbocycles. The second-order valence-electron chi connectivity index (χ2n) is 6.78. The summed E-state index contributed by atoms with van der Waals surface area (Å²) in [5, 5.41) is 6.06. The van der Waals surface area contributed by atoms with E-state index >= 15 is 0 Å². The first-order valence-corrected chi connectivity index (χ1v) is 9.62. The van der Waals surface area contributed by atoms with Crippen molar-refractivity contribution < 1.29 is 14.3 Å². The maximum absolute atomic E-state index is 12.3. The van der Waals surface area contributed by atoms with Crippen LogP contribution in [0, 0.1) is 13.8 Å². The lowest BCUT2D eigenvalue weighted by molar-refractivity contribution is -0.114. The number of hydrogen-bond donors (Lipinski definition) is 2. The van der Waals surface area contributed by atoms with E-state index in [0.717, 1.165) is 28.3 Å². The third kappa shape index (κ3) is 6.57. The van der Waals surface area contributed by atoms with Crippen LogP contribution in [-0.2, 0) is 4.79 Å². The highest BCUT2D eigenvalue weighted by atomic mass is 16.5. The largest absolute Gasteiger partial charge is 0.490 e. The summed E-state index contributed by atoms with van der Waals surface area (Å²) < 4.78 is 11.5. The van der Waals surface area contributed by atoms with Crippen LogP contribution in [0.15, 0.2) is 72.8 Å². The second-order valence-corrected chi connectivity index (χ2v) is 6.78. The van der Waals surface area contributed by atoms with Crippen molar-refractivity contribution in [2.75, 3.05) is 30.4 Å². The predicted molar refractivity (Wildman–Crippen MR) is 117 cm³/mol. The molecule has 3 rings (SSSR count). The van der Waals surface area contributed by atoms with Crippen molar-refractivity contribution in [1.82, 2.24) is 0 Å². The molecule has 5 heteroatoms. The fraction of sp³-hybridized carbons (Fsp3) is 0.208. The zero-order valence-electron chi connectivity index (χ0n) is 16.8. The average molecular weight is 390 g/mol. The lowest BCUT2D eigenvalue weighted by Crippen LogP contribution is -2.22. The molecule has 5 nitrogen and oxygen atoms in total. The summed E-state index contributed by atoms with van der Waals surface area (Å²) in [5.74, 6) is 1.38. The van der Waals surface area contributed by atoms with Gasteiger partial charge in [-0.05, 0) is 61.4 Å². The molecular weight excluding hydrogens is 364 g/mol. The molecular formula is C24H26N2O3. The van der Waals surface area contributed by atoms with Crippen molar-refractivity contribution >= 4 is 17.3 Å². The van der Waals surface area contributed by atoms with E-state index in [9.17, 15) is 4.79 Å². The number of ether oxygens (including phenoxy) is 2. The molecule has 0 atom stereocenters. The highest BCUT2D eigenvalue weighted by molar-refractivity contribution is 5.94. The predicted octanol–water partition coefficient (Wildman–Crippen LogP) is 4.81. The zero-order chi connectivity index (χ0) is 20.5. The molecule has 0 spiro atoms. The van der Waals surface area contributed by atoms with Crippen molar-refractivity contribution in [2.24, 2.45) is 0 Å². The van der Waals surface area contributed by atoms with Crippen LogP contribution in [0.25, 0.3) is 0 Å². The minimum atomic E-state index is -0.114. The van der Waals surface area contributed by atoms with E-state index < -0.39 is 0 Å². The Morgan fingerprint density at radius 1 is 0.828 bits per heavy atom. The minimum absolute atomic E-state index is 0.114. The molecule has 0 saturated carbocycles. The minimum Gasteiger partial charge on any atom is -0.490 e. The van der Waals surface area contributed by atoms with Gasteiger partial charge in [0, 0.05) is 5.69 Å². The Bertz CT molecular complexity index is 922. The van der Waals surface area contributed by atoms with E-state index in [4.69, 9.17) is 9.47 Å². The van der Waals surface area contributed by atoms with E-state index in [0.29, 0.717) is 19.0 Å². The highest BCUT2D eigenvalue weighted by Gasteiger charge is 2.07. The molecule has 3 aromatic rings. The van der Waals surface area contributed by atoms with E-state index in [2.05, 4.69) is 16.7 Å². The summed E-state index contributed by atoms with van der Waals surface area (Å²) in [6, 6.07) is 23.1. The molecule has 0 aliphatic heterocycles. The molecule has 0 unspecified atom stereocenters. The van der Waals surface area contributed by atoms with Crippen LogP contribution in [0.1, 0.15) is 11.1 Å². The molecule has 0 aliphatic rings. The topological polar surface area (TPSA) is 59.6 Å². The molecule has 0 heterocycles. The SMILES string of the molecule is Cc1cc(C)cc(NC(=O)CNc2ccccc2OCCOc2ccccc2)c1. The number of anilines is 2. The molecule has 0 radical (unpaired) electrons. The normalized spacial score (nSPS) is 10.3. The maximum Gasteiger partial charge on any atom is 0.243 e. The number of amides is 1. The first-order valence-electron chi connectivity index (χ1n) is 9.62. The van der Waals surface area contributed by atoms with Gasteiger partial charge in [0.15, 0.2) is 0 Å². The zero-order valence-corrected chi connectivity index (χ0v) is 16.8. The first-order chi connectivity index (χ1) is 14.1. The molecule has 0 fully saturated rings. The quantitative estimate of drug-likeness (QED) is 0.515. The summed E-state index contributed by atoms with van der Waals surface area (Å²) in [5.41, 5.74) is 3.80. The number of carbonyl (C=O) groups excluding carboxylic acids is 1. The van der Waals surface area contributed by atoms with Crippen LogP contribution >= 0.6 is 0 Å². The smallest absolute Gasteiger partial charge is 0.243 e. The summed E-state index contributed by atoms with van der Waals surface area (Å²) in [7, 11) is 0. The van der Waals surface area contributed by atoms with Gasteiger partial charge in [0.25, 0.3) is 0 Å². The lowest BCUT2D eigenvalue weighted by atomic mass is 10.1. The van der Waals surface area contributed by atoms with Crippen molar-refractivity contribution in [3.63, 3.8) is 0 Å². The standard InChI is InChI=1S/C24H26N2O3/c1-18-14-19(2)16-20(15-18)26-24(27)17-25-22-10-6-7-11-23(22)29-13-12-28-21-8-4-3-5-9-21/h3-11,14-16,25H,12-13,17H2,1-2H3,(H,26,27). The van der Waals surface area contributed by atoms with E-state index in [-0.39, 0.29) is 12.5 Å². The van der Waals surface area contributed by atoms with Crippen LogP contribution in [0.5, 0.6) is 11.5 Å². The van der Waals surface area contributed by atoms with Crippen molar-refractivity contribution in [3.05, 3.63) is 83.9 Å². The number of benzene rings is 3. The van der Waals surface area contributed by atoms with Gasteiger partial charge in [-0.3, -0.25) is 4.79 Å². The van der Waals surface area contributed by atoms with E-state index in [1.165, 1.54) is 0 Å². The van der Waals surface area contributed by atoms with Crippen LogP contribution in [-0.4, -0.2) is 25.7 Å². The number of rotatable bonds is 9. The van der Waals surface area contributed by atoms with Crippen LogP contribution in [0.3, 0.4) is 0 Å². The average Bonchev–Trinajstić information content (AvgIpc) is 2.70. The van der Waals surface area contributed by atoms with Crippen molar-refractivity contribution in [2.45, 2.75) is 13.8 Å². The highest BCUT2D eigenvalue weighted by Crippen LogP contribution is 2.23. The van der Waals surface area contributed by atoms with Gasteiger partial charge >= 0.3 is 0 Å². The number of aryl methyl sites for hydroxylation is 2. The molecule has 1 amide bonds. The van der Waals surface area contributed by atoms with Crippen molar-refractivity contribution in [3.8, 4) is 11.5 Å². The third-order valence-corrected chi connectivity index (χ3v) is 4.18. The molecule has 2 N–H and O–H groups in total. The van der Waals surface area contributed by atoms with Crippen molar-refractivity contribution in [1.29, 1.82) is 0 Å². The van der Waals surface area contributed by atoms with Gasteiger partial charge in [-0.2, -0.15) is 0 Å². The van der Waals surface area contributed by atoms with Gasteiger partial charge in [0.2, 0.25) is 5.91 Å². The Labute approximate surface area is 171 Å². The van der Waals surface area contributed by atoms with Crippen LogP contribution in [0.4, 0.5) is 11.4 Å². The Kier molecular flexibility index (Phi) is 7.11. The Hall–Kier alpha value is -3.47. The molecule has 150 valence electrons. The molecule has 3 aromatic carbocycles. The Morgan fingerprint density at radius 3 is 2.24 bits per heavy atom. The van der Waals surface area contributed by atoms with Gasteiger partial charge in [0.1, 0.15) is 24.7 Å². The number of para-hydroxylation sites is 3. The number of carbonyl (C=O) groups is 1. The lowest BCUT2D eigenvalue weighted by Gasteiger charge is -2.14. The molecule has 0 saturated heterocycles. The number of nitrogens with one attached hydrogen (secondary N) is 2. The molecule has 0 bridgehead atoms. The maximum atomic E-state index is 12.3. The summed E-state index contributed by atoms with van der Waals surface area (Å²) in [4.78, 5) is 12.3. The van der Waals surface area contributed by atoms with Crippen LogP contribution in [0.2, 0.25) is 0 Å². The van der Waals surface area contributed by atoms with Gasteiger partial charge in [-0.15, -0.1) is 0 Å². The Balaban J connectivity index is 1.48. The Morgan fingerprint density at radius 2 is 1.48 bits per heavy atom. The number of hydrogen-bond acceptors (Lipinski definition) is 4. The molecule has 29 heavy (non-hydrogen) atoms. The second kappa shape index (κ2) is 10.2. The van der Waals surface area contributed by atoms with Gasteiger partial charge in [0.05, 0.1) is 12.2 Å². The van der Waals surface area contributed by atoms with E-state index in [1.54, 1.807) is 0 Å². The van der Waals surface area contributed by atoms with Gasteiger partial charge in [-0.1, -0.05) is 36.4 Å². The van der Waals surface area contributed by atoms with E-state index in [1.807, 2.05) is 80.6 Å². The first kappa shape index (κ1) is 20.3. The fourth-order valence-corrected chi connectivity index (χ4v) is 2.99. The van der Waals surface area contributed by atoms with Gasteiger partial charge < -0.3 is 20.1 Å². The fourth-order valence-electron chi connectivity index (χ4n) is 2.99.